The second-order valence-corrected chi connectivity index (χ2v) is 2.26. The average Bonchev–Trinajstić information content (AvgIpc) is 2.12. The molecule has 0 amide bonds. The van der Waals surface area contributed by atoms with Gasteiger partial charge in [0, 0.05) is 4.92 Å². The fraction of sp³-hybridized carbons (Fsp3) is 0.667. The van der Waals surface area contributed by atoms with Crippen molar-refractivity contribution >= 4 is 18.0 Å². The van der Waals surface area contributed by atoms with E-state index in [2.05, 4.69) is 11.2 Å². The molecule has 1 atom stereocenters. The quantitative estimate of drug-likeness (QED) is 0.378. The molecule has 1 heterocycles. The first-order valence-corrected chi connectivity index (χ1v) is 3.02. The maximum atomic E-state index is 9.86. The molecule has 4 nitrogen and oxygen atoms in total. The van der Waals surface area contributed by atoms with Gasteiger partial charge in [-0.25, -0.2) is 0 Å². The molecule has 0 aliphatic carbocycles. The van der Waals surface area contributed by atoms with Crippen molar-refractivity contribution in [2.45, 2.75) is 5.37 Å². The molecule has 43 valence electrons. The predicted octanol–water partition coefficient (Wildman–Crippen LogP) is 0.241. The van der Waals surface area contributed by atoms with Crippen LogP contribution in [0.3, 0.4) is 0 Å². The molecule has 1 radical (unpaired) electrons. The van der Waals surface area contributed by atoms with Gasteiger partial charge >= 0.3 is 5.37 Å². The zero-order valence-corrected chi connectivity index (χ0v) is 4.72. The second kappa shape index (κ2) is 2.13. The molecule has 5 heteroatoms. The van der Waals surface area contributed by atoms with Crippen molar-refractivity contribution in [2.75, 3.05) is 5.88 Å². The van der Waals surface area contributed by atoms with Crippen molar-refractivity contribution in [3.8, 4) is 0 Å². The Morgan fingerprint density at radius 3 is 3.00 bits per heavy atom. The summed E-state index contributed by atoms with van der Waals surface area (Å²) in [7, 11) is 0. The number of aliphatic imine (C=N–C) groups is 1. The fourth-order valence-corrected chi connectivity index (χ4v) is 0.930. The van der Waals surface area contributed by atoms with Crippen LogP contribution in [0.1, 0.15) is 0 Å². The summed E-state index contributed by atoms with van der Waals surface area (Å²) < 4.78 is 0. The number of rotatable bonds is 1. The van der Waals surface area contributed by atoms with Crippen molar-refractivity contribution in [3.05, 3.63) is 10.1 Å². The van der Waals surface area contributed by atoms with Crippen molar-refractivity contribution in [1.29, 1.82) is 0 Å². The first kappa shape index (κ1) is 5.55. The topological polar surface area (TPSA) is 55.5 Å². The summed E-state index contributed by atoms with van der Waals surface area (Å²) in [6.07, 6.45) is 2.34. The van der Waals surface area contributed by atoms with Crippen LogP contribution in [-0.2, 0) is 0 Å². The van der Waals surface area contributed by atoms with Gasteiger partial charge in [0.1, 0.15) is 6.21 Å². The van der Waals surface area contributed by atoms with Crippen LogP contribution < -0.4 is 0 Å². The molecule has 1 rings (SSSR count). The van der Waals surface area contributed by atoms with Gasteiger partial charge in [0.25, 0.3) is 0 Å². The summed E-state index contributed by atoms with van der Waals surface area (Å²) in [6.45, 7) is 0. The van der Waals surface area contributed by atoms with Crippen LogP contribution in [0, 0.1) is 10.1 Å². The molecule has 0 spiro atoms. The molecule has 0 bridgehead atoms. The van der Waals surface area contributed by atoms with E-state index in [0.29, 0.717) is 5.88 Å². The van der Waals surface area contributed by atoms with Crippen molar-refractivity contribution < 1.29 is 4.92 Å². The van der Waals surface area contributed by atoms with Gasteiger partial charge in [-0.15, -0.1) is 0 Å². The Bertz CT molecular complexity index is 135. The maximum absolute atomic E-state index is 9.86. The van der Waals surface area contributed by atoms with Gasteiger partial charge < -0.3 is 0 Å². The lowest BCUT2D eigenvalue weighted by atomic mass is 10.7. The van der Waals surface area contributed by atoms with Gasteiger partial charge in [-0.2, -0.15) is 0 Å². The minimum Gasteiger partial charge on any atom is -0.268 e. The lowest BCUT2D eigenvalue weighted by Crippen LogP contribution is -2.12. The highest BCUT2D eigenvalue weighted by Crippen LogP contribution is 2.14. The Balaban J connectivity index is 2.48. The van der Waals surface area contributed by atoms with E-state index in [4.69, 9.17) is 0 Å². The predicted molar refractivity (Wildman–Crippen MR) is 30.7 cm³/mol. The molecule has 0 saturated carbocycles. The van der Waals surface area contributed by atoms with E-state index >= 15 is 0 Å². The third kappa shape index (κ3) is 0.975. The molecular weight excluding hydrogens is 128 g/mol. The number of hydrogen-bond donors (Lipinski definition) is 0. The molecule has 0 N–H and O–H groups in total. The van der Waals surface area contributed by atoms with Crippen molar-refractivity contribution in [2.24, 2.45) is 4.99 Å². The van der Waals surface area contributed by atoms with Gasteiger partial charge in [-0.05, 0) is 0 Å². The van der Waals surface area contributed by atoms with Crippen molar-refractivity contribution in [3.63, 3.8) is 0 Å². The smallest absolute Gasteiger partial charge is 0.268 e. The minimum absolute atomic E-state index is 0.402. The van der Waals surface area contributed by atoms with Crippen LogP contribution in [0.25, 0.3) is 0 Å². The number of nitro groups is 1. The molecule has 1 aliphatic heterocycles. The highest BCUT2D eigenvalue weighted by Gasteiger charge is 2.21. The molecule has 0 aromatic heterocycles. The first-order valence-electron chi connectivity index (χ1n) is 1.98. The Morgan fingerprint density at radius 2 is 2.75 bits per heavy atom. The minimum atomic E-state index is -0.713. The molecule has 0 fully saturated rings. The van der Waals surface area contributed by atoms with E-state index in [0.717, 1.165) is 0 Å². The molecule has 0 aromatic rings. The van der Waals surface area contributed by atoms with Gasteiger partial charge in [0.2, 0.25) is 0 Å². The van der Waals surface area contributed by atoms with Gasteiger partial charge in [0.15, 0.2) is 0 Å². The van der Waals surface area contributed by atoms with Gasteiger partial charge in [-0.3, -0.25) is 15.1 Å². The summed E-state index contributed by atoms with van der Waals surface area (Å²) in [5.74, 6) is 0.478. The highest BCUT2D eigenvalue weighted by atomic mass is 32.2. The zero-order valence-electron chi connectivity index (χ0n) is 3.90. The summed E-state index contributed by atoms with van der Waals surface area (Å²) >= 11 is 1.17. The van der Waals surface area contributed by atoms with E-state index in [1.165, 1.54) is 11.8 Å². The molecular formula is C3H3N2O2S. The summed E-state index contributed by atoms with van der Waals surface area (Å²) in [6, 6.07) is 0. The molecule has 0 aromatic carbocycles. The van der Waals surface area contributed by atoms with Crippen LogP contribution >= 0.6 is 11.8 Å². The van der Waals surface area contributed by atoms with Crippen LogP contribution in [0.5, 0.6) is 0 Å². The lowest BCUT2D eigenvalue weighted by Gasteiger charge is -1.90. The lowest BCUT2D eigenvalue weighted by molar-refractivity contribution is -0.475. The summed E-state index contributed by atoms with van der Waals surface area (Å²) in [5, 5.41) is 9.15. The van der Waals surface area contributed by atoms with E-state index in [1.807, 2.05) is 0 Å². The average molecular weight is 131 g/mol. The first-order chi connectivity index (χ1) is 3.80. The van der Waals surface area contributed by atoms with E-state index in [9.17, 15) is 10.1 Å². The molecule has 1 unspecified atom stereocenters. The van der Waals surface area contributed by atoms with Crippen molar-refractivity contribution in [1.82, 2.24) is 0 Å². The van der Waals surface area contributed by atoms with Crippen LogP contribution in [-0.4, -0.2) is 22.4 Å². The number of thioether (sulfide) groups is 1. The van der Waals surface area contributed by atoms with E-state index in [1.54, 1.807) is 0 Å². The van der Waals surface area contributed by atoms with Gasteiger partial charge in [0.05, 0.1) is 5.88 Å². The monoisotopic (exact) mass is 131 g/mol. The van der Waals surface area contributed by atoms with Crippen LogP contribution in [0.15, 0.2) is 4.99 Å². The number of nitrogens with zero attached hydrogens (tertiary/aromatic N) is 2. The normalized spacial score (nSPS) is 26.2. The Kier molecular flexibility index (Phi) is 1.48. The Hall–Kier alpha value is -0.580. The molecule has 0 saturated heterocycles. The largest absolute Gasteiger partial charge is 0.303 e. The molecule has 8 heavy (non-hydrogen) atoms. The second-order valence-electron chi connectivity index (χ2n) is 1.22. The zero-order chi connectivity index (χ0) is 5.98. The summed E-state index contributed by atoms with van der Waals surface area (Å²) in [5.41, 5.74) is 0. The maximum Gasteiger partial charge on any atom is 0.303 e. The van der Waals surface area contributed by atoms with Crippen LogP contribution in [0.2, 0.25) is 0 Å². The third-order valence-electron chi connectivity index (χ3n) is 0.690. The number of hydrogen-bond acceptors (Lipinski definition) is 4. The standard InChI is InChI=1S/C3H3N2O2S/c6-5(7)3-1-4-2-8-3/h3H,2H2. The Morgan fingerprint density at radius 1 is 2.00 bits per heavy atom. The Labute approximate surface area is 50.1 Å². The van der Waals surface area contributed by atoms with E-state index in [-0.39, 0.29) is 0 Å². The SMILES string of the molecule is O=[N+]([O-])C1[C]=NCS1. The summed E-state index contributed by atoms with van der Waals surface area (Å²) in [4.78, 5) is 13.0. The molecule has 1 aliphatic rings. The van der Waals surface area contributed by atoms with Crippen LogP contribution in [0.4, 0.5) is 0 Å². The highest BCUT2D eigenvalue weighted by molar-refractivity contribution is 8.00. The third-order valence-corrected chi connectivity index (χ3v) is 1.56. The van der Waals surface area contributed by atoms with Gasteiger partial charge in [-0.1, -0.05) is 11.8 Å². The fourth-order valence-electron chi connectivity index (χ4n) is 0.368. The van der Waals surface area contributed by atoms with E-state index < -0.39 is 10.3 Å².